The van der Waals surface area contributed by atoms with Gasteiger partial charge in [-0.1, -0.05) is 40.9 Å². The van der Waals surface area contributed by atoms with Crippen molar-refractivity contribution in [3.05, 3.63) is 80.6 Å². The van der Waals surface area contributed by atoms with Gasteiger partial charge >= 0.3 is 6.18 Å². The summed E-state index contributed by atoms with van der Waals surface area (Å²) in [5.74, 6) is -0.824. The molecule has 3 aromatic rings. The molecule has 1 aromatic heterocycles. The molecule has 0 aliphatic heterocycles. The van der Waals surface area contributed by atoms with Crippen molar-refractivity contribution >= 4 is 62.0 Å². The van der Waals surface area contributed by atoms with Crippen molar-refractivity contribution in [3.8, 4) is 0 Å². The Bertz CT molecular complexity index is 1310. The van der Waals surface area contributed by atoms with Crippen molar-refractivity contribution in [1.29, 1.82) is 0 Å². The number of sulfonamides is 1. The summed E-state index contributed by atoms with van der Waals surface area (Å²) in [6, 6.07) is 7.44. The van der Waals surface area contributed by atoms with Crippen LogP contribution in [-0.4, -0.2) is 19.2 Å². The van der Waals surface area contributed by atoms with E-state index in [-0.39, 0.29) is 27.0 Å². The maximum Gasteiger partial charge on any atom is 0.417 e. The summed E-state index contributed by atoms with van der Waals surface area (Å²) in [7, 11) is -4.61. The standard InChI is InChI=1S/C19H11Cl3F3N3O3S/c20-9-6-15(17(27-8-9)18(29)16-13(22)2-1-3-14(16)26)28-32(30,31)10-4-5-12(21)11(7-10)19(23,24)25/h1-8,28H,26H2. The molecule has 0 unspecified atom stereocenters. The van der Waals surface area contributed by atoms with E-state index in [0.717, 1.165) is 24.4 Å². The number of anilines is 2. The fraction of sp³-hybridized carbons (Fsp3) is 0.0526. The quantitative estimate of drug-likeness (QED) is 0.330. The third-order valence-corrected chi connectivity index (χ3v) is 6.35. The second-order valence-electron chi connectivity index (χ2n) is 6.33. The van der Waals surface area contributed by atoms with Gasteiger partial charge in [-0.3, -0.25) is 9.52 Å². The molecule has 6 nitrogen and oxygen atoms in total. The van der Waals surface area contributed by atoms with Gasteiger partial charge in [-0.15, -0.1) is 0 Å². The first-order chi connectivity index (χ1) is 14.8. The molecule has 0 radical (unpaired) electrons. The third-order valence-electron chi connectivity index (χ3n) is 4.14. The SMILES string of the molecule is Nc1cccc(Cl)c1C(=O)c1ncc(Cl)cc1NS(=O)(=O)c1ccc(Cl)c(C(F)(F)F)c1. The molecule has 0 spiro atoms. The molecule has 3 rings (SSSR count). The molecule has 0 atom stereocenters. The number of nitrogen functional groups attached to an aromatic ring is 1. The molecule has 3 N–H and O–H groups in total. The molecule has 0 amide bonds. The lowest BCUT2D eigenvalue weighted by Gasteiger charge is -2.15. The van der Waals surface area contributed by atoms with Crippen molar-refractivity contribution in [2.45, 2.75) is 11.1 Å². The van der Waals surface area contributed by atoms with Crippen molar-refractivity contribution in [1.82, 2.24) is 4.98 Å². The molecule has 0 fully saturated rings. The fourth-order valence-electron chi connectivity index (χ4n) is 2.69. The Morgan fingerprint density at radius 2 is 1.72 bits per heavy atom. The first-order valence-corrected chi connectivity index (χ1v) is 11.1. The van der Waals surface area contributed by atoms with Crippen LogP contribution in [0.3, 0.4) is 0 Å². The molecule has 0 aliphatic rings. The zero-order chi connectivity index (χ0) is 23.8. The molecule has 0 saturated heterocycles. The summed E-state index contributed by atoms with van der Waals surface area (Å²) < 4.78 is 67.0. The van der Waals surface area contributed by atoms with Gasteiger partial charge in [-0.25, -0.2) is 13.4 Å². The molecule has 0 bridgehead atoms. The number of pyridine rings is 1. The average Bonchev–Trinajstić information content (AvgIpc) is 2.66. The topological polar surface area (TPSA) is 102 Å². The van der Waals surface area contributed by atoms with Gasteiger partial charge in [0.15, 0.2) is 0 Å². The summed E-state index contributed by atoms with van der Waals surface area (Å²) in [5.41, 5.74) is 3.56. The first-order valence-electron chi connectivity index (χ1n) is 8.45. The van der Waals surface area contributed by atoms with E-state index in [0.29, 0.717) is 6.07 Å². The number of benzene rings is 2. The number of aromatic nitrogens is 1. The molecule has 32 heavy (non-hydrogen) atoms. The van der Waals surface area contributed by atoms with Crippen LogP contribution in [0.25, 0.3) is 0 Å². The number of nitrogens with two attached hydrogens (primary N) is 1. The van der Waals surface area contributed by atoms with Gasteiger partial charge in [0.1, 0.15) is 5.69 Å². The van der Waals surface area contributed by atoms with Crippen LogP contribution in [-0.2, 0) is 16.2 Å². The number of carbonyl (C=O) groups is 1. The van der Waals surface area contributed by atoms with Crippen LogP contribution in [0.5, 0.6) is 0 Å². The predicted octanol–water partition coefficient (Wildman–Crippen LogP) is 5.67. The number of halogens is 6. The van der Waals surface area contributed by atoms with Gasteiger partial charge in [0, 0.05) is 11.9 Å². The van der Waals surface area contributed by atoms with Gasteiger partial charge in [0.25, 0.3) is 10.0 Å². The number of ketones is 1. The van der Waals surface area contributed by atoms with E-state index in [1.54, 1.807) is 0 Å². The molecule has 168 valence electrons. The monoisotopic (exact) mass is 523 g/mol. The number of nitrogens with zero attached hydrogens (tertiary/aromatic N) is 1. The van der Waals surface area contributed by atoms with Crippen molar-refractivity contribution < 1.29 is 26.4 Å². The van der Waals surface area contributed by atoms with E-state index < -0.39 is 43.2 Å². The summed E-state index contributed by atoms with van der Waals surface area (Å²) in [5, 5.41) is -0.725. The largest absolute Gasteiger partial charge is 0.417 e. The van der Waals surface area contributed by atoms with Crippen LogP contribution in [0.1, 0.15) is 21.6 Å². The summed E-state index contributed by atoms with van der Waals surface area (Å²) in [6.07, 6.45) is -3.80. The Morgan fingerprint density at radius 3 is 2.34 bits per heavy atom. The van der Waals surface area contributed by atoms with E-state index in [2.05, 4.69) is 4.98 Å². The van der Waals surface area contributed by atoms with Gasteiger partial charge in [-0.2, -0.15) is 13.2 Å². The minimum Gasteiger partial charge on any atom is -0.398 e. The lowest BCUT2D eigenvalue weighted by molar-refractivity contribution is -0.137. The molecule has 0 aliphatic carbocycles. The minimum absolute atomic E-state index is 0.00641. The molecular formula is C19H11Cl3F3N3O3S. The molecule has 2 aromatic carbocycles. The zero-order valence-electron chi connectivity index (χ0n) is 15.5. The van der Waals surface area contributed by atoms with Gasteiger partial charge in [-0.05, 0) is 36.4 Å². The minimum atomic E-state index is -4.89. The third kappa shape index (κ3) is 4.93. The Kier molecular flexibility index (Phi) is 6.62. The summed E-state index contributed by atoms with van der Waals surface area (Å²) in [6.45, 7) is 0. The summed E-state index contributed by atoms with van der Waals surface area (Å²) >= 11 is 17.5. The van der Waals surface area contributed by atoms with Crippen LogP contribution in [0.2, 0.25) is 15.1 Å². The Morgan fingerprint density at radius 1 is 1.03 bits per heavy atom. The highest BCUT2D eigenvalue weighted by Gasteiger charge is 2.35. The zero-order valence-corrected chi connectivity index (χ0v) is 18.6. The maximum absolute atomic E-state index is 13.1. The highest BCUT2D eigenvalue weighted by Crippen LogP contribution is 2.36. The Hall–Kier alpha value is -2.53. The molecule has 13 heteroatoms. The normalized spacial score (nSPS) is 11.9. The number of alkyl halides is 3. The van der Waals surface area contributed by atoms with Crippen LogP contribution in [0.15, 0.2) is 53.6 Å². The van der Waals surface area contributed by atoms with Gasteiger partial charge < -0.3 is 5.73 Å². The van der Waals surface area contributed by atoms with Crippen molar-refractivity contribution in [3.63, 3.8) is 0 Å². The lowest BCUT2D eigenvalue weighted by atomic mass is 10.0. The number of hydrogen-bond acceptors (Lipinski definition) is 5. The number of hydrogen-bond donors (Lipinski definition) is 2. The first kappa shape index (κ1) is 24.1. The van der Waals surface area contributed by atoms with E-state index >= 15 is 0 Å². The van der Waals surface area contributed by atoms with Crippen LogP contribution < -0.4 is 10.5 Å². The molecule has 0 saturated carbocycles. The molecular weight excluding hydrogens is 514 g/mol. The smallest absolute Gasteiger partial charge is 0.398 e. The van der Waals surface area contributed by atoms with E-state index in [1.807, 2.05) is 4.72 Å². The van der Waals surface area contributed by atoms with Crippen LogP contribution in [0.4, 0.5) is 24.5 Å². The van der Waals surface area contributed by atoms with Crippen molar-refractivity contribution in [2.24, 2.45) is 0 Å². The van der Waals surface area contributed by atoms with Gasteiger partial charge in [0.2, 0.25) is 5.78 Å². The van der Waals surface area contributed by atoms with E-state index in [9.17, 15) is 26.4 Å². The maximum atomic E-state index is 13.1. The highest BCUT2D eigenvalue weighted by molar-refractivity contribution is 7.92. The highest BCUT2D eigenvalue weighted by atomic mass is 35.5. The van der Waals surface area contributed by atoms with Gasteiger partial charge in [0.05, 0.1) is 36.8 Å². The Labute approximate surface area is 195 Å². The van der Waals surface area contributed by atoms with E-state index in [1.165, 1.54) is 18.2 Å². The Balaban J connectivity index is 2.09. The number of nitrogens with one attached hydrogen (secondary N) is 1. The predicted molar refractivity (Wildman–Crippen MR) is 116 cm³/mol. The fourth-order valence-corrected chi connectivity index (χ4v) is 4.42. The van der Waals surface area contributed by atoms with Crippen LogP contribution >= 0.6 is 34.8 Å². The number of carbonyl (C=O) groups excluding carboxylic acids is 1. The van der Waals surface area contributed by atoms with Crippen molar-refractivity contribution in [2.75, 3.05) is 10.5 Å². The second kappa shape index (κ2) is 8.78. The lowest BCUT2D eigenvalue weighted by Crippen LogP contribution is -2.18. The number of rotatable bonds is 5. The van der Waals surface area contributed by atoms with Crippen LogP contribution in [0, 0.1) is 0 Å². The second-order valence-corrected chi connectivity index (χ2v) is 9.26. The van der Waals surface area contributed by atoms with E-state index in [4.69, 9.17) is 40.5 Å². The average molecular weight is 525 g/mol. The molecule has 1 heterocycles. The summed E-state index contributed by atoms with van der Waals surface area (Å²) in [4.78, 5) is 16.1.